The Balaban J connectivity index is 0.00000324. The Labute approximate surface area is 138 Å². The van der Waals surface area contributed by atoms with Gasteiger partial charge in [-0.3, -0.25) is 4.99 Å². The molecule has 0 aromatic heterocycles. The van der Waals surface area contributed by atoms with Gasteiger partial charge in [0.1, 0.15) is 0 Å². The van der Waals surface area contributed by atoms with Crippen molar-refractivity contribution >= 4 is 41.7 Å². The molecule has 0 radical (unpaired) electrons. The number of hydrogen-bond donors (Lipinski definition) is 2. The fourth-order valence-corrected chi connectivity index (χ4v) is 3.30. The van der Waals surface area contributed by atoms with Gasteiger partial charge in [-0.1, -0.05) is 13.0 Å². The summed E-state index contributed by atoms with van der Waals surface area (Å²) >= 11 is 2.03. The lowest BCUT2D eigenvalue weighted by atomic mass is 9.99. The fraction of sp³-hybridized carbons (Fsp3) is 0.769. The van der Waals surface area contributed by atoms with E-state index in [0.29, 0.717) is 4.75 Å². The molecule has 1 saturated heterocycles. The highest BCUT2D eigenvalue weighted by Gasteiger charge is 2.32. The van der Waals surface area contributed by atoms with Crippen LogP contribution in [-0.4, -0.2) is 49.8 Å². The molecule has 0 aliphatic carbocycles. The van der Waals surface area contributed by atoms with Gasteiger partial charge in [0, 0.05) is 38.1 Å². The summed E-state index contributed by atoms with van der Waals surface area (Å²) in [6, 6.07) is 0. The van der Waals surface area contributed by atoms with Crippen LogP contribution in [0.15, 0.2) is 17.6 Å². The second-order valence-electron chi connectivity index (χ2n) is 4.32. The molecule has 19 heavy (non-hydrogen) atoms. The van der Waals surface area contributed by atoms with Crippen molar-refractivity contribution in [2.24, 2.45) is 4.99 Å². The van der Waals surface area contributed by atoms with Crippen molar-refractivity contribution in [3.05, 3.63) is 12.7 Å². The molecule has 1 heterocycles. The molecule has 0 atom stereocenters. The summed E-state index contributed by atoms with van der Waals surface area (Å²) in [5.41, 5.74) is 0. The summed E-state index contributed by atoms with van der Waals surface area (Å²) in [5, 5.41) is 6.61. The molecule has 1 fully saturated rings. The van der Waals surface area contributed by atoms with Gasteiger partial charge in [-0.05, 0) is 18.6 Å². The summed E-state index contributed by atoms with van der Waals surface area (Å²) in [4.78, 5) is 4.21. The van der Waals surface area contributed by atoms with Gasteiger partial charge in [0.25, 0.3) is 0 Å². The van der Waals surface area contributed by atoms with Crippen LogP contribution < -0.4 is 10.6 Å². The molecular formula is C13H26IN3OS. The number of aliphatic imine (C=N–C) groups is 1. The van der Waals surface area contributed by atoms with Crippen LogP contribution in [-0.2, 0) is 4.74 Å². The number of thioether (sulfide) groups is 1. The first kappa shape index (κ1) is 19.1. The lowest BCUT2D eigenvalue weighted by Crippen LogP contribution is -2.48. The number of rotatable bonds is 6. The molecule has 1 rings (SSSR count). The van der Waals surface area contributed by atoms with Crippen LogP contribution in [0.4, 0.5) is 0 Å². The smallest absolute Gasteiger partial charge is 0.191 e. The van der Waals surface area contributed by atoms with Crippen molar-refractivity contribution in [2.45, 2.75) is 24.5 Å². The summed E-state index contributed by atoms with van der Waals surface area (Å²) in [5.74, 6) is 1.98. The highest BCUT2D eigenvalue weighted by Crippen LogP contribution is 2.34. The van der Waals surface area contributed by atoms with Crippen LogP contribution in [0.5, 0.6) is 0 Å². The molecule has 1 aliphatic rings. The number of halogens is 1. The number of hydrogen-bond acceptors (Lipinski definition) is 3. The zero-order chi connectivity index (χ0) is 13.3. The lowest BCUT2D eigenvalue weighted by molar-refractivity contribution is 0.0782. The van der Waals surface area contributed by atoms with E-state index in [1.807, 2.05) is 17.8 Å². The largest absolute Gasteiger partial charge is 0.381 e. The van der Waals surface area contributed by atoms with Crippen molar-refractivity contribution < 1.29 is 4.74 Å². The minimum Gasteiger partial charge on any atom is -0.381 e. The quantitative estimate of drug-likeness (QED) is 0.311. The maximum absolute atomic E-state index is 5.47. The number of nitrogens with one attached hydrogen (secondary N) is 2. The van der Waals surface area contributed by atoms with E-state index >= 15 is 0 Å². The van der Waals surface area contributed by atoms with Crippen LogP contribution in [0.1, 0.15) is 19.8 Å². The van der Waals surface area contributed by atoms with Crippen LogP contribution in [0.2, 0.25) is 0 Å². The third kappa shape index (κ3) is 6.85. The Morgan fingerprint density at radius 1 is 1.42 bits per heavy atom. The zero-order valence-electron chi connectivity index (χ0n) is 11.9. The normalized spacial score (nSPS) is 18.3. The SMILES string of the molecule is C=CCNC(=NC)NCC1(SCC)CCOCC1.I. The minimum absolute atomic E-state index is 0. The Kier molecular flexibility index (Phi) is 10.8. The predicted molar refractivity (Wildman–Crippen MR) is 95.9 cm³/mol. The third-order valence-electron chi connectivity index (χ3n) is 3.07. The van der Waals surface area contributed by atoms with Crippen LogP contribution in [0, 0.1) is 0 Å². The van der Waals surface area contributed by atoms with E-state index < -0.39 is 0 Å². The number of nitrogens with zero attached hydrogens (tertiary/aromatic N) is 1. The summed E-state index contributed by atoms with van der Waals surface area (Å²) in [7, 11) is 1.79. The second kappa shape index (κ2) is 10.8. The molecule has 0 spiro atoms. The summed E-state index contributed by atoms with van der Waals surface area (Å²) in [6.07, 6.45) is 4.05. The summed E-state index contributed by atoms with van der Waals surface area (Å²) < 4.78 is 5.76. The molecule has 0 bridgehead atoms. The van der Waals surface area contributed by atoms with Gasteiger partial charge in [0.2, 0.25) is 0 Å². The fourth-order valence-electron chi connectivity index (χ4n) is 2.06. The van der Waals surface area contributed by atoms with Crippen LogP contribution >= 0.6 is 35.7 Å². The van der Waals surface area contributed by atoms with Gasteiger partial charge in [0.05, 0.1) is 0 Å². The highest BCUT2D eigenvalue weighted by atomic mass is 127. The van der Waals surface area contributed by atoms with Crippen molar-refractivity contribution in [3.8, 4) is 0 Å². The molecule has 0 aromatic rings. The van der Waals surface area contributed by atoms with E-state index in [1.54, 1.807) is 7.05 Å². The van der Waals surface area contributed by atoms with Gasteiger partial charge < -0.3 is 15.4 Å². The topological polar surface area (TPSA) is 45.7 Å². The molecule has 0 amide bonds. The Bertz CT molecular complexity index is 276. The Morgan fingerprint density at radius 3 is 2.63 bits per heavy atom. The van der Waals surface area contributed by atoms with Gasteiger partial charge in [0.15, 0.2) is 5.96 Å². The third-order valence-corrected chi connectivity index (χ3v) is 4.52. The average Bonchev–Trinajstić information content (AvgIpc) is 2.40. The first-order valence-corrected chi connectivity index (χ1v) is 7.52. The maximum atomic E-state index is 5.47. The van der Waals surface area contributed by atoms with Gasteiger partial charge in [-0.25, -0.2) is 0 Å². The monoisotopic (exact) mass is 399 g/mol. The maximum Gasteiger partial charge on any atom is 0.191 e. The molecule has 2 N–H and O–H groups in total. The molecule has 6 heteroatoms. The Hall–Kier alpha value is 0.0500. The van der Waals surface area contributed by atoms with Crippen LogP contribution in [0.3, 0.4) is 0 Å². The number of ether oxygens (including phenoxy) is 1. The van der Waals surface area contributed by atoms with E-state index in [-0.39, 0.29) is 24.0 Å². The van der Waals surface area contributed by atoms with Crippen molar-refractivity contribution in [1.29, 1.82) is 0 Å². The van der Waals surface area contributed by atoms with Gasteiger partial charge in [-0.15, -0.1) is 30.6 Å². The number of guanidine groups is 1. The van der Waals surface area contributed by atoms with Gasteiger partial charge >= 0.3 is 0 Å². The molecule has 0 unspecified atom stereocenters. The highest BCUT2D eigenvalue weighted by molar-refractivity contribution is 14.0. The molecule has 112 valence electrons. The predicted octanol–water partition coefficient (Wildman–Crippen LogP) is 2.26. The second-order valence-corrected chi connectivity index (χ2v) is 6.06. The van der Waals surface area contributed by atoms with Gasteiger partial charge in [-0.2, -0.15) is 11.8 Å². The molecule has 0 aromatic carbocycles. The first-order chi connectivity index (χ1) is 8.76. The first-order valence-electron chi connectivity index (χ1n) is 6.53. The van der Waals surface area contributed by atoms with E-state index in [4.69, 9.17) is 4.74 Å². The van der Waals surface area contributed by atoms with Crippen molar-refractivity contribution in [3.63, 3.8) is 0 Å². The van der Waals surface area contributed by atoms with Crippen LogP contribution in [0.25, 0.3) is 0 Å². The van der Waals surface area contributed by atoms with E-state index in [1.165, 1.54) is 0 Å². The van der Waals surface area contributed by atoms with E-state index in [9.17, 15) is 0 Å². The minimum atomic E-state index is 0. The molecular weight excluding hydrogens is 373 g/mol. The zero-order valence-corrected chi connectivity index (χ0v) is 15.1. The Morgan fingerprint density at radius 2 is 2.11 bits per heavy atom. The standard InChI is InChI=1S/C13H25N3OS.HI/c1-4-8-15-12(14-3)16-11-13(18-5-2)6-9-17-10-7-13;/h4H,1,5-11H2,2-3H3,(H2,14,15,16);1H. The van der Waals surface area contributed by atoms with Crippen molar-refractivity contribution in [1.82, 2.24) is 10.6 Å². The summed E-state index contributed by atoms with van der Waals surface area (Å²) in [6.45, 7) is 9.31. The molecule has 4 nitrogen and oxygen atoms in total. The molecule has 0 saturated carbocycles. The van der Waals surface area contributed by atoms with Crippen molar-refractivity contribution in [2.75, 3.05) is 39.1 Å². The molecule has 1 aliphatic heterocycles. The van der Waals surface area contributed by atoms with E-state index in [0.717, 1.165) is 50.9 Å². The lowest BCUT2D eigenvalue weighted by Gasteiger charge is -2.37. The van der Waals surface area contributed by atoms with E-state index in [2.05, 4.69) is 29.1 Å². The average molecular weight is 399 g/mol.